The van der Waals surface area contributed by atoms with Gasteiger partial charge in [0.25, 0.3) is 0 Å². The second-order valence-electron chi connectivity index (χ2n) is 5.56. The molecule has 2 aliphatic heterocycles. The van der Waals surface area contributed by atoms with Gasteiger partial charge in [0.05, 0.1) is 32.7 Å². The second kappa shape index (κ2) is 9.43. The molecule has 2 fully saturated rings. The first-order valence-electron chi connectivity index (χ1n) is 8.11. The van der Waals surface area contributed by atoms with Gasteiger partial charge in [-0.25, -0.2) is 0 Å². The van der Waals surface area contributed by atoms with E-state index in [1.54, 1.807) is 7.11 Å². The molecule has 5 nitrogen and oxygen atoms in total. The van der Waals surface area contributed by atoms with Gasteiger partial charge in [-0.1, -0.05) is 13.5 Å². The number of rotatable bonds is 9. The van der Waals surface area contributed by atoms with Gasteiger partial charge in [-0.2, -0.15) is 0 Å². The van der Waals surface area contributed by atoms with Gasteiger partial charge < -0.3 is 23.8 Å². The summed E-state index contributed by atoms with van der Waals surface area (Å²) in [6, 6.07) is 8.32. The highest BCUT2D eigenvalue weighted by molar-refractivity contribution is 5.49. The standard InChI is InChI=1S/C15H21NO3.C3H6O/c1-2-7-16(8-14-9-18-14)12-3-5-13(6-4-12)17-10-15-11-19-15;1-3-4-2/h3-6,14-15H,2,7-11H2,1H3;3H,1H2,2H3. The quantitative estimate of drug-likeness (QED) is 0.517. The molecule has 0 amide bonds. The van der Waals surface area contributed by atoms with Crippen LogP contribution in [0.3, 0.4) is 0 Å². The Labute approximate surface area is 138 Å². The van der Waals surface area contributed by atoms with E-state index in [9.17, 15) is 0 Å². The van der Waals surface area contributed by atoms with E-state index in [0.29, 0.717) is 18.8 Å². The highest BCUT2D eigenvalue weighted by Crippen LogP contribution is 2.23. The van der Waals surface area contributed by atoms with Crippen molar-refractivity contribution in [3.05, 3.63) is 37.1 Å². The van der Waals surface area contributed by atoms with Gasteiger partial charge in [-0.05, 0) is 30.7 Å². The summed E-state index contributed by atoms with van der Waals surface area (Å²) in [6.45, 7) is 9.92. The highest BCUT2D eigenvalue weighted by atomic mass is 16.6. The van der Waals surface area contributed by atoms with E-state index in [1.165, 1.54) is 11.9 Å². The first-order chi connectivity index (χ1) is 11.3. The first kappa shape index (κ1) is 17.6. The van der Waals surface area contributed by atoms with Crippen LogP contribution in [-0.4, -0.2) is 52.2 Å². The van der Waals surface area contributed by atoms with Crippen LogP contribution >= 0.6 is 0 Å². The monoisotopic (exact) mass is 321 g/mol. The lowest BCUT2D eigenvalue weighted by atomic mass is 10.2. The Morgan fingerprint density at radius 2 is 1.83 bits per heavy atom. The maximum absolute atomic E-state index is 5.65. The molecule has 0 saturated carbocycles. The predicted octanol–water partition coefficient (Wildman–Crippen LogP) is 2.86. The van der Waals surface area contributed by atoms with Crippen LogP contribution in [-0.2, 0) is 14.2 Å². The van der Waals surface area contributed by atoms with Crippen molar-refractivity contribution in [2.24, 2.45) is 0 Å². The van der Waals surface area contributed by atoms with E-state index in [2.05, 4.69) is 35.3 Å². The molecular weight excluding hydrogens is 294 g/mol. The highest BCUT2D eigenvalue weighted by Gasteiger charge is 2.25. The van der Waals surface area contributed by atoms with Crippen molar-refractivity contribution in [1.29, 1.82) is 0 Å². The van der Waals surface area contributed by atoms with Crippen LogP contribution in [0.25, 0.3) is 0 Å². The molecule has 128 valence electrons. The molecule has 2 unspecified atom stereocenters. The van der Waals surface area contributed by atoms with E-state index >= 15 is 0 Å². The zero-order valence-electron chi connectivity index (χ0n) is 14.1. The Morgan fingerprint density at radius 1 is 1.22 bits per heavy atom. The van der Waals surface area contributed by atoms with E-state index < -0.39 is 0 Å². The zero-order chi connectivity index (χ0) is 16.5. The van der Waals surface area contributed by atoms with Crippen LogP contribution in [0.4, 0.5) is 5.69 Å². The summed E-state index contributed by atoms with van der Waals surface area (Å²) < 4.78 is 20.4. The van der Waals surface area contributed by atoms with Gasteiger partial charge in [0.15, 0.2) is 0 Å². The summed E-state index contributed by atoms with van der Waals surface area (Å²) in [5.41, 5.74) is 1.24. The van der Waals surface area contributed by atoms with Crippen LogP contribution in [0.5, 0.6) is 5.75 Å². The minimum atomic E-state index is 0.309. The third-order valence-electron chi connectivity index (χ3n) is 3.53. The van der Waals surface area contributed by atoms with Gasteiger partial charge in [0, 0.05) is 18.8 Å². The average Bonchev–Trinajstić information content (AvgIpc) is 3.48. The van der Waals surface area contributed by atoms with Crippen molar-refractivity contribution in [2.75, 3.05) is 44.9 Å². The molecule has 0 radical (unpaired) electrons. The molecule has 0 N–H and O–H groups in total. The minimum Gasteiger partial charge on any atom is -0.505 e. The maximum Gasteiger partial charge on any atom is 0.119 e. The number of epoxide rings is 2. The van der Waals surface area contributed by atoms with Crippen molar-refractivity contribution in [3.8, 4) is 5.75 Å². The van der Waals surface area contributed by atoms with Gasteiger partial charge >= 0.3 is 0 Å². The number of hydrogen-bond donors (Lipinski definition) is 0. The van der Waals surface area contributed by atoms with Crippen molar-refractivity contribution in [3.63, 3.8) is 0 Å². The topological polar surface area (TPSA) is 46.8 Å². The molecule has 5 heteroatoms. The van der Waals surface area contributed by atoms with Crippen LogP contribution < -0.4 is 9.64 Å². The average molecular weight is 321 g/mol. The molecule has 3 rings (SSSR count). The van der Waals surface area contributed by atoms with Gasteiger partial charge in [0.1, 0.15) is 18.5 Å². The van der Waals surface area contributed by atoms with Gasteiger partial charge in [0.2, 0.25) is 0 Å². The Balaban J connectivity index is 0.000000433. The molecule has 0 bridgehead atoms. The maximum atomic E-state index is 5.65. The van der Waals surface area contributed by atoms with Gasteiger partial charge in [-0.3, -0.25) is 0 Å². The molecule has 2 saturated heterocycles. The normalized spacial score (nSPS) is 20.8. The Bertz CT molecular complexity index is 455. The fourth-order valence-corrected chi connectivity index (χ4v) is 2.12. The van der Waals surface area contributed by atoms with Crippen LogP contribution in [0, 0.1) is 0 Å². The van der Waals surface area contributed by atoms with E-state index in [-0.39, 0.29) is 0 Å². The molecule has 0 spiro atoms. The third-order valence-corrected chi connectivity index (χ3v) is 3.53. The van der Waals surface area contributed by atoms with Crippen molar-refractivity contribution in [1.82, 2.24) is 0 Å². The predicted molar refractivity (Wildman–Crippen MR) is 91.1 cm³/mol. The van der Waals surface area contributed by atoms with Crippen LogP contribution in [0.2, 0.25) is 0 Å². The summed E-state index contributed by atoms with van der Waals surface area (Å²) >= 11 is 0. The Morgan fingerprint density at radius 3 is 2.30 bits per heavy atom. The summed E-state index contributed by atoms with van der Waals surface area (Å²) in [5.74, 6) is 0.915. The lowest BCUT2D eigenvalue weighted by Gasteiger charge is -2.23. The van der Waals surface area contributed by atoms with Crippen LogP contribution in [0.1, 0.15) is 13.3 Å². The fourth-order valence-electron chi connectivity index (χ4n) is 2.12. The number of nitrogens with zero attached hydrogens (tertiary/aromatic N) is 1. The van der Waals surface area contributed by atoms with Crippen molar-refractivity contribution in [2.45, 2.75) is 25.6 Å². The molecular formula is C18H27NO4. The fraction of sp³-hybridized carbons (Fsp3) is 0.556. The summed E-state index contributed by atoms with van der Waals surface area (Å²) in [6.07, 6.45) is 3.25. The number of methoxy groups -OCH3 is 1. The number of anilines is 1. The lowest BCUT2D eigenvalue weighted by Crippen LogP contribution is -2.28. The minimum absolute atomic E-state index is 0.309. The molecule has 0 aliphatic carbocycles. The molecule has 0 aromatic heterocycles. The summed E-state index contributed by atoms with van der Waals surface area (Å²) in [5, 5.41) is 0. The zero-order valence-corrected chi connectivity index (χ0v) is 14.1. The van der Waals surface area contributed by atoms with Crippen LogP contribution in [0.15, 0.2) is 37.1 Å². The van der Waals surface area contributed by atoms with E-state index in [1.807, 2.05) is 12.1 Å². The second-order valence-corrected chi connectivity index (χ2v) is 5.56. The van der Waals surface area contributed by atoms with E-state index in [0.717, 1.165) is 38.5 Å². The SMILES string of the molecule is C=COC.CCCN(CC1CO1)c1ccc(OCC2CO2)cc1. The molecule has 23 heavy (non-hydrogen) atoms. The van der Waals surface area contributed by atoms with Crippen molar-refractivity contribution >= 4 is 5.69 Å². The number of hydrogen-bond acceptors (Lipinski definition) is 5. The Kier molecular flexibility index (Phi) is 7.23. The number of benzene rings is 1. The molecule has 2 heterocycles. The molecule has 2 atom stereocenters. The first-order valence-corrected chi connectivity index (χ1v) is 8.11. The number of ether oxygens (including phenoxy) is 4. The van der Waals surface area contributed by atoms with E-state index in [4.69, 9.17) is 14.2 Å². The Hall–Kier alpha value is -1.72. The lowest BCUT2D eigenvalue weighted by molar-refractivity contribution is 0.263. The van der Waals surface area contributed by atoms with Crippen molar-refractivity contribution < 1.29 is 18.9 Å². The largest absolute Gasteiger partial charge is 0.505 e. The molecule has 2 aliphatic rings. The third kappa shape index (κ3) is 6.93. The summed E-state index contributed by atoms with van der Waals surface area (Å²) in [7, 11) is 1.56. The molecule has 1 aromatic rings. The molecule has 1 aromatic carbocycles. The smallest absolute Gasteiger partial charge is 0.119 e. The summed E-state index contributed by atoms with van der Waals surface area (Å²) in [4.78, 5) is 2.38. The van der Waals surface area contributed by atoms with Gasteiger partial charge in [-0.15, -0.1) is 0 Å².